The minimum Gasteiger partial charge on any atom is -0.392 e. The largest absolute Gasteiger partial charge is 0.392 e. The van der Waals surface area contributed by atoms with Gasteiger partial charge in [0.15, 0.2) is 5.13 Å². The van der Waals surface area contributed by atoms with E-state index in [-0.39, 0.29) is 40.9 Å². The number of aliphatic hydroxyl groups is 1. The first-order valence-corrected chi connectivity index (χ1v) is 16.6. The molecule has 2 amide bonds. The molecule has 6 atom stereocenters. The number of carbonyl (C=O) groups is 2. The molecule has 1 aliphatic heterocycles. The SMILES string of the molecule is CCN(CC)C(=O)[C@@H](C)[C@H]1CC[C@@]2(C)Cc3sc(NC(=O)c4ccc(CN5CCN(C)CC5)cc4)nc3[C@@H](C)[C@@H]2[C@H]1O. The van der Waals surface area contributed by atoms with Crippen molar-refractivity contribution in [1.29, 1.82) is 0 Å². The molecule has 0 radical (unpaired) electrons. The summed E-state index contributed by atoms with van der Waals surface area (Å²) >= 11 is 1.57. The number of rotatable bonds is 8. The Kier molecular flexibility index (Phi) is 9.42. The Morgan fingerprint density at radius 2 is 1.83 bits per heavy atom. The second-order valence-corrected chi connectivity index (χ2v) is 14.3. The minimum absolute atomic E-state index is 0.0224. The molecule has 1 saturated carbocycles. The van der Waals surface area contributed by atoms with Crippen molar-refractivity contribution in [3.8, 4) is 0 Å². The van der Waals surface area contributed by atoms with Crippen LogP contribution in [0, 0.1) is 23.2 Å². The van der Waals surface area contributed by atoms with E-state index in [1.54, 1.807) is 11.3 Å². The van der Waals surface area contributed by atoms with Gasteiger partial charge in [-0.1, -0.05) is 32.9 Å². The van der Waals surface area contributed by atoms with Gasteiger partial charge >= 0.3 is 0 Å². The van der Waals surface area contributed by atoms with Crippen molar-refractivity contribution in [1.82, 2.24) is 19.7 Å². The Labute approximate surface area is 255 Å². The van der Waals surface area contributed by atoms with Gasteiger partial charge in [0.1, 0.15) is 0 Å². The monoisotopic (exact) mass is 595 g/mol. The number of nitrogens with zero attached hydrogens (tertiary/aromatic N) is 4. The molecule has 2 aliphatic carbocycles. The van der Waals surface area contributed by atoms with Crippen LogP contribution in [0.3, 0.4) is 0 Å². The molecule has 9 heteroatoms. The number of aromatic nitrogens is 1. The lowest BCUT2D eigenvalue weighted by Gasteiger charge is -2.53. The maximum atomic E-state index is 13.2. The molecule has 0 unspecified atom stereocenters. The first-order valence-electron chi connectivity index (χ1n) is 15.8. The third-order valence-corrected chi connectivity index (χ3v) is 11.5. The number of amides is 2. The highest BCUT2D eigenvalue weighted by Crippen LogP contribution is 2.57. The summed E-state index contributed by atoms with van der Waals surface area (Å²) in [5, 5.41) is 15.4. The third kappa shape index (κ3) is 6.16. The van der Waals surface area contributed by atoms with Crippen molar-refractivity contribution in [2.75, 3.05) is 51.6 Å². The Balaban J connectivity index is 1.25. The van der Waals surface area contributed by atoms with E-state index in [0.29, 0.717) is 23.8 Å². The van der Waals surface area contributed by atoms with Crippen LogP contribution in [-0.4, -0.2) is 89.0 Å². The van der Waals surface area contributed by atoms with Gasteiger partial charge in [-0.15, -0.1) is 11.3 Å². The van der Waals surface area contributed by atoms with Crippen molar-refractivity contribution in [2.24, 2.45) is 23.2 Å². The predicted octanol–water partition coefficient (Wildman–Crippen LogP) is 4.70. The molecule has 8 nitrogen and oxygen atoms in total. The van der Waals surface area contributed by atoms with Gasteiger partial charge in [0.25, 0.3) is 5.91 Å². The Morgan fingerprint density at radius 3 is 2.48 bits per heavy atom. The number of aliphatic hydroxyl groups excluding tert-OH is 1. The van der Waals surface area contributed by atoms with Gasteiger partial charge in [0.2, 0.25) is 5.91 Å². The number of anilines is 1. The van der Waals surface area contributed by atoms with E-state index in [9.17, 15) is 14.7 Å². The molecule has 5 rings (SSSR count). The van der Waals surface area contributed by atoms with Crippen molar-refractivity contribution in [3.63, 3.8) is 0 Å². The average Bonchev–Trinajstić information content (AvgIpc) is 3.36. The van der Waals surface area contributed by atoms with Gasteiger partial charge in [-0.05, 0) is 75.1 Å². The molecular weight excluding hydrogens is 546 g/mol. The Hall–Kier alpha value is -2.33. The summed E-state index contributed by atoms with van der Waals surface area (Å²) < 4.78 is 0. The highest BCUT2D eigenvalue weighted by Gasteiger charge is 2.54. The van der Waals surface area contributed by atoms with Crippen molar-refractivity contribution in [2.45, 2.75) is 72.4 Å². The normalized spacial score (nSPS) is 28.9. The highest BCUT2D eigenvalue weighted by molar-refractivity contribution is 7.15. The van der Waals surface area contributed by atoms with Crippen molar-refractivity contribution in [3.05, 3.63) is 46.0 Å². The fourth-order valence-electron chi connectivity index (χ4n) is 7.80. The van der Waals surface area contributed by atoms with Crippen LogP contribution in [0.4, 0.5) is 5.13 Å². The summed E-state index contributed by atoms with van der Waals surface area (Å²) in [6.07, 6.45) is 2.09. The minimum atomic E-state index is -0.564. The number of fused-ring (bicyclic) bond motifs is 2. The molecule has 1 aromatic heterocycles. The number of nitrogens with one attached hydrogen (secondary N) is 1. The number of hydrogen-bond donors (Lipinski definition) is 2. The van der Waals surface area contributed by atoms with Gasteiger partial charge in [0.05, 0.1) is 11.8 Å². The summed E-state index contributed by atoms with van der Waals surface area (Å²) in [4.78, 5) is 39.1. The number of piperazine rings is 1. The van der Waals surface area contributed by atoms with Crippen LogP contribution in [0.1, 0.15) is 79.9 Å². The quantitative estimate of drug-likeness (QED) is 0.460. The lowest BCUT2D eigenvalue weighted by molar-refractivity contribution is -0.144. The van der Waals surface area contributed by atoms with E-state index in [4.69, 9.17) is 4.98 Å². The summed E-state index contributed by atoms with van der Waals surface area (Å²) in [6.45, 7) is 17.1. The van der Waals surface area contributed by atoms with Crippen LogP contribution < -0.4 is 5.32 Å². The maximum Gasteiger partial charge on any atom is 0.257 e. The number of carbonyl (C=O) groups excluding carboxylic acids is 2. The van der Waals surface area contributed by atoms with Gasteiger partial charge in [-0.25, -0.2) is 4.98 Å². The molecule has 230 valence electrons. The summed E-state index contributed by atoms with van der Waals surface area (Å²) in [7, 11) is 2.16. The van der Waals surface area contributed by atoms with Crippen molar-refractivity contribution >= 4 is 28.3 Å². The van der Waals surface area contributed by atoms with Gasteiger partial charge in [-0.3, -0.25) is 19.8 Å². The summed E-state index contributed by atoms with van der Waals surface area (Å²) in [5.41, 5.74) is 2.77. The van der Waals surface area contributed by atoms with E-state index in [1.807, 2.05) is 37.8 Å². The van der Waals surface area contributed by atoms with Crippen LogP contribution in [-0.2, 0) is 17.8 Å². The molecule has 3 aliphatic rings. The van der Waals surface area contributed by atoms with E-state index in [1.165, 1.54) is 10.4 Å². The van der Waals surface area contributed by atoms with E-state index in [2.05, 4.69) is 48.1 Å². The Bertz CT molecular complexity index is 1250. The van der Waals surface area contributed by atoms with Gasteiger partial charge in [-0.2, -0.15) is 0 Å². The van der Waals surface area contributed by atoms with E-state index >= 15 is 0 Å². The zero-order valence-electron chi connectivity index (χ0n) is 26.2. The molecule has 2 heterocycles. The third-order valence-electron chi connectivity index (χ3n) is 10.5. The molecule has 0 bridgehead atoms. The summed E-state index contributed by atoms with van der Waals surface area (Å²) in [6, 6.07) is 7.92. The zero-order valence-corrected chi connectivity index (χ0v) is 27.0. The molecule has 1 aromatic carbocycles. The van der Waals surface area contributed by atoms with E-state index < -0.39 is 6.10 Å². The highest BCUT2D eigenvalue weighted by atomic mass is 32.1. The first kappa shape index (κ1) is 31.1. The van der Waals surface area contributed by atoms with Crippen LogP contribution >= 0.6 is 11.3 Å². The maximum absolute atomic E-state index is 13.2. The fourth-order valence-corrected chi connectivity index (χ4v) is 9.06. The number of benzene rings is 1. The number of thiazole rings is 1. The Morgan fingerprint density at radius 1 is 1.17 bits per heavy atom. The number of hydrogen-bond acceptors (Lipinski definition) is 7. The predicted molar refractivity (Wildman–Crippen MR) is 169 cm³/mol. The zero-order chi connectivity index (χ0) is 30.2. The standard InChI is InChI=1S/C33H49N5O3S/c1-7-38(8-2)31(41)21(3)25-13-14-33(5)19-26-28(22(4)27(33)29(25)39)34-32(42-26)35-30(40)24-11-9-23(10-12-24)20-37-17-15-36(6)16-18-37/h9-12,21-22,25,27,29,39H,7-8,13-20H2,1-6H3,(H,34,35,40)/t21-,22-,25+,27+,29-,33-/m0/s1. The topological polar surface area (TPSA) is 89.0 Å². The lowest BCUT2D eigenvalue weighted by atomic mass is 9.53. The molecule has 2 aromatic rings. The van der Waals surface area contributed by atoms with Gasteiger partial charge < -0.3 is 14.9 Å². The first-order chi connectivity index (χ1) is 20.0. The molecule has 0 spiro atoms. The van der Waals surface area contributed by atoms with Crippen molar-refractivity contribution < 1.29 is 14.7 Å². The fraction of sp³-hybridized carbons (Fsp3) is 0.667. The molecule has 2 fully saturated rings. The molecular formula is C33H49N5O3S. The van der Waals surface area contributed by atoms with Gasteiger partial charge in [0, 0.05) is 68.1 Å². The second-order valence-electron chi connectivity index (χ2n) is 13.2. The van der Waals surface area contributed by atoms with Crippen LogP contribution in [0.2, 0.25) is 0 Å². The number of likely N-dealkylation sites (N-methyl/N-ethyl adjacent to an activating group) is 1. The van der Waals surface area contributed by atoms with Crippen LogP contribution in [0.5, 0.6) is 0 Å². The van der Waals surface area contributed by atoms with Crippen LogP contribution in [0.15, 0.2) is 24.3 Å². The smallest absolute Gasteiger partial charge is 0.257 e. The molecule has 1 saturated heterocycles. The lowest BCUT2D eigenvalue weighted by Crippen LogP contribution is -2.53. The molecule has 42 heavy (non-hydrogen) atoms. The van der Waals surface area contributed by atoms with Crippen LogP contribution in [0.25, 0.3) is 0 Å². The average molecular weight is 596 g/mol. The second kappa shape index (κ2) is 12.7. The van der Waals surface area contributed by atoms with E-state index in [0.717, 1.165) is 57.7 Å². The summed E-state index contributed by atoms with van der Waals surface area (Å²) in [5.74, 6) is -0.207. The molecule has 2 N–H and O–H groups in total.